The Morgan fingerprint density at radius 3 is 2.61 bits per heavy atom. The van der Waals surface area contributed by atoms with Gasteiger partial charge in [-0.15, -0.1) is 10.2 Å². The lowest BCUT2D eigenvalue weighted by Gasteiger charge is -2.22. The molecule has 8 heteroatoms. The molecule has 0 amide bonds. The van der Waals surface area contributed by atoms with Gasteiger partial charge >= 0.3 is 0 Å². The molecule has 1 atom stereocenters. The maximum atomic E-state index is 5.83. The molecule has 4 rings (SSSR count). The lowest BCUT2D eigenvalue weighted by atomic mass is 10.1. The van der Waals surface area contributed by atoms with Gasteiger partial charge in [0.25, 0.3) is 0 Å². The summed E-state index contributed by atoms with van der Waals surface area (Å²) < 4.78 is 24.6. The van der Waals surface area contributed by atoms with Crippen LogP contribution in [0.1, 0.15) is 36.2 Å². The summed E-state index contributed by atoms with van der Waals surface area (Å²) in [6.45, 7) is 4.30. The topological polar surface area (TPSA) is 70.9 Å². The second kappa shape index (κ2) is 8.36. The van der Waals surface area contributed by atoms with Crippen LogP contribution >= 0.6 is 0 Å². The van der Waals surface area contributed by atoms with E-state index in [0.29, 0.717) is 11.5 Å². The van der Waals surface area contributed by atoms with Crippen LogP contribution in [0.25, 0.3) is 0 Å². The number of methoxy groups -OCH3 is 3. The zero-order chi connectivity index (χ0) is 19.5. The van der Waals surface area contributed by atoms with Gasteiger partial charge in [0.1, 0.15) is 11.9 Å². The predicted octanol–water partition coefficient (Wildman–Crippen LogP) is 2.21. The van der Waals surface area contributed by atoms with Crippen molar-refractivity contribution in [1.29, 1.82) is 0 Å². The molecule has 2 aromatic rings. The summed E-state index contributed by atoms with van der Waals surface area (Å²) in [4.78, 5) is 2.41. The van der Waals surface area contributed by atoms with Gasteiger partial charge in [-0.2, -0.15) is 0 Å². The zero-order valence-electron chi connectivity index (χ0n) is 16.8. The van der Waals surface area contributed by atoms with E-state index in [9.17, 15) is 0 Å². The molecule has 1 aromatic heterocycles. The lowest BCUT2D eigenvalue weighted by Crippen LogP contribution is -2.27. The fourth-order valence-corrected chi connectivity index (χ4v) is 4.10. The van der Waals surface area contributed by atoms with Crippen molar-refractivity contribution in [2.45, 2.75) is 38.5 Å². The number of aromatic nitrogens is 3. The summed E-state index contributed by atoms with van der Waals surface area (Å²) in [5, 5.41) is 8.85. The maximum Gasteiger partial charge on any atom is 0.203 e. The monoisotopic (exact) mass is 388 g/mol. The molecule has 0 bridgehead atoms. The largest absolute Gasteiger partial charge is 0.493 e. The van der Waals surface area contributed by atoms with Gasteiger partial charge in [0.05, 0.1) is 21.3 Å². The fraction of sp³-hybridized carbons (Fsp3) is 0.600. The van der Waals surface area contributed by atoms with Crippen molar-refractivity contribution >= 4 is 0 Å². The van der Waals surface area contributed by atoms with Crippen molar-refractivity contribution in [2.75, 3.05) is 41.0 Å². The van der Waals surface area contributed by atoms with E-state index in [4.69, 9.17) is 18.9 Å². The minimum atomic E-state index is 0.0961. The smallest absolute Gasteiger partial charge is 0.203 e. The van der Waals surface area contributed by atoms with Crippen LogP contribution in [-0.4, -0.2) is 60.7 Å². The Kier molecular flexibility index (Phi) is 5.68. The normalized spacial score (nSPS) is 19.9. The molecule has 0 aliphatic carbocycles. The average molecular weight is 388 g/mol. The van der Waals surface area contributed by atoms with Gasteiger partial charge in [-0.3, -0.25) is 4.90 Å². The van der Waals surface area contributed by atoms with E-state index < -0.39 is 0 Å². The van der Waals surface area contributed by atoms with Gasteiger partial charge in [-0.1, -0.05) is 6.07 Å². The van der Waals surface area contributed by atoms with Crippen molar-refractivity contribution in [3.05, 3.63) is 29.3 Å². The first-order valence-electron chi connectivity index (χ1n) is 9.79. The average Bonchev–Trinajstić information content (AvgIpc) is 3.35. The second-order valence-corrected chi connectivity index (χ2v) is 7.15. The Balaban J connectivity index is 1.50. The number of hydrogen-bond donors (Lipinski definition) is 0. The van der Waals surface area contributed by atoms with Crippen molar-refractivity contribution in [1.82, 2.24) is 19.7 Å². The van der Waals surface area contributed by atoms with Crippen LogP contribution in [0.4, 0.5) is 0 Å². The number of rotatable bonds is 6. The highest BCUT2D eigenvalue weighted by Crippen LogP contribution is 2.40. The zero-order valence-corrected chi connectivity index (χ0v) is 16.8. The molecule has 1 aromatic carbocycles. The van der Waals surface area contributed by atoms with Crippen LogP contribution in [0, 0.1) is 0 Å². The van der Waals surface area contributed by atoms with Gasteiger partial charge in [0.15, 0.2) is 17.3 Å². The van der Waals surface area contributed by atoms with E-state index in [1.54, 1.807) is 21.3 Å². The van der Waals surface area contributed by atoms with E-state index >= 15 is 0 Å². The van der Waals surface area contributed by atoms with Gasteiger partial charge in [-0.05, 0) is 18.9 Å². The molecule has 1 fully saturated rings. The number of hydrogen-bond acceptors (Lipinski definition) is 7. The molecular weight excluding hydrogens is 360 g/mol. The van der Waals surface area contributed by atoms with E-state index in [2.05, 4.69) is 19.7 Å². The number of fused-ring (bicyclic) bond motifs is 1. The minimum absolute atomic E-state index is 0.0961. The summed E-state index contributed by atoms with van der Waals surface area (Å²) in [5.74, 6) is 4.07. The molecule has 28 heavy (non-hydrogen) atoms. The molecule has 0 saturated carbocycles. The van der Waals surface area contributed by atoms with Crippen LogP contribution in [0.3, 0.4) is 0 Å². The first-order chi connectivity index (χ1) is 13.7. The Labute approximate surface area is 165 Å². The highest BCUT2D eigenvalue weighted by molar-refractivity contribution is 5.55. The third kappa shape index (κ3) is 3.54. The van der Waals surface area contributed by atoms with E-state index in [0.717, 1.165) is 75.0 Å². The third-order valence-electron chi connectivity index (χ3n) is 5.54. The summed E-state index contributed by atoms with van der Waals surface area (Å²) in [5.41, 5.74) is 1.08. The summed E-state index contributed by atoms with van der Waals surface area (Å²) >= 11 is 0. The van der Waals surface area contributed by atoms with Crippen LogP contribution in [0.5, 0.6) is 17.2 Å². The van der Waals surface area contributed by atoms with E-state index in [1.807, 2.05) is 12.1 Å². The molecular formula is C20H28N4O4. The van der Waals surface area contributed by atoms with Crippen LogP contribution in [0.2, 0.25) is 0 Å². The van der Waals surface area contributed by atoms with Gasteiger partial charge < -0.3 is 23.5 Å². The van der Waals surface area contributed by atoms with Crippen LogP contribution in [0.15, 0.2) is 12.1 Å². The maximum absolute atomic E-state index is 5.83. The van der Waals surface area contributed by atoms with Crippen molar-refractivity contribution in [3.63, 3.8) is 0 Å². The first-order valence-corrected chi connectivity index (χ1v) is 9.79. The molecule has 0 spiro atoms. The Morgan fingerprint density at radius 1 is 1.04 bits per heavy atom. The van der Waals surface area contributed by atoms with Crippen LogP contribution in [-0.2, 0) is 24.2 Å². The molecule has 8 nitrogen and oxygen atoms in total. The van der Waals surface area contributed by atoms with Crippen molar-refractivity contribution in [2.24, 2.45) is 0 Å². The molecule has 0 N–H and O–H groups in total. The summed E-state index contributed by atoms with van der Waals surface area (Å²) in [7, 11) is 4.93. The van der Waals surface area contributed by atoms with Gasteiger partial charge in [0.2, 0.25) is 5.75 Å². The van der Waals surface area contributed by atoms with Crippen molar-refractivity contribution in [3.8, 4) is 17.2 Å². The number of nitrogens with zero attached hydrogens (tertiary/aromatic N) is 4. The molecule has 2 aliphatic rings. The number of benzene rings is 1. The molecule has 1 saturated heterocycles. The van der Waals surface area contributed by atoms with Crippen molar-refractivity contribution < 1.29 is 18.9 Å². The van der Waals surface area contributed by atoms with Crippen LogP contribution < -0.4 is 14.2 Å². The first kappa shape index (κ1) is 19.0. The fourth-order valence-electron chi connectivity index (χ4n) is 4.10. The summed E-state index contributed by atoms with van der Waals surface area (Å²) in [6.07, 6.45) is 3.09. The lowest BCUT2D eigenvalue weighted by molar-refractivity contribution is 0.101. The Hall–Kier alpha value is -2.32. The van der Waals surface area contributed by atoms with E-state index in [1.165, 1.54) is 0 Å². The second-order valence-electron chi connectivity index (χ2n) is 7.15. The molecule has 3 heterocycles. The quantitative estimate of drug-likeness (QED) is 0.751. The SMILES string of the molecule is COc1ccc(CN2CCc3nnc(C4CCCO4)n3CC2)c(OC)c1OC. The van der Waals surface area contributed by atoms with Gasteiger partial charge in [0, 0.05) is 44.8 Å². The minimum Gasteiger partial charge on any atom is -0.493 e. The Bertz CT molecular complexity index is 817. The highest BCUT2D eigenvalue weighted by Gasteiger charge is 2.27. The molecule has 152 valence electrons. The molecule has 1 unspecified atom stereocenters. The Morgan fingerprint density at radius 2 is 1.89 bits per heavy atom. The van der Waals surface area contributed by atoms with E-state index in [-0.39, 0.29) is 6.10 Å². The van der Waals surface area contributed by atoms with Gasteiger partial charge in [-0.25, -0.2) is 0 Å². The predicted molar refractivity (Wildman–Crippen MR) is 103 cm³/mol. The highest BCUT2D eigenvalue weighted by atomic mass is 16.5. The standard InChI is InChI=1S/C20H28N4O4/c1-25-15-7-6-14(18(26-2)19(15)27-3)13-23-9-8-17-21-22-20(24(17)11-10-23)16-5-4-12-28-16/h6-7,16H,4-5,8-13H2,1-3H3. The molecule has 2 aliphatic heterocycles. The number of ether oxygens (including phenoxy) is 4. The third-order valence-corrected chi connectivity index (χ3v) is 5.54. The summed E-state index contributed by atoms with van der Waals surface area (Å²) in [6, 6.07) is 3.97. The molecule has 0 radical (unpaired) electrons.